The molecule has 0 radical (unpaired) electrons. The van der Waals surface area contributed by atoms with E-state index in [1.54, 1.807) is 0 Å². The summed E-state index contributed by atoms with van der Waals surface area (Å²) in [6.07, 6.45) is 1.03. The van der Waals surface area contributed by atoms with Crippen molar-refractivity contribution in [2.24, 2.45) is 0 Å². The standard InChI is InChI=1S/C27H26P.ClH/c1-22-18-19-24(20-23(22)2)21-28(25-12-6-3-7-13-25,26-14-8-4-9-15-26)27-16-10-5-11-17-27;/h3-20H,21H2,1-2H3;1H/q+1;/p-1. The van der Waals surface area contributed by atoms with E-state index in [2.05, 4.69) is 123 Å². The Bertz CT molecular complexity index is 947. The fourth-order valence-electron chi connectivity index (χ4n) is 3.94. The van der Waals surface area contributed by atoms with E-state index in [-0.39, 0.29) is 12.4 Å². The fourth-order valence-corrected chi connectivity index (χ4v) is 8.17. The highest BCUT2D eigenvalue weighted by atomic mass is 35.5. The van der Waals surface area contributed by atoms with Crippen LogP contribution < -0.4 is 28.3 Å². The van der Waals surface area contributed by atoms with Gasteiger partial charge in [-0.3, -0.25) is 0 Å². The number of rotatable bonds is 5. The minimum absolute atomic E-state index is 0. The van der Waals surface area contributed by atoms with Gasteiger partial charge in [-0.15, -0.1) is 0 Å². The van der Waals surface area contributed by atoms with Crippen molar-refractivity contribution in [1.82, 2.24) is 0 Å². The van der Waals surface area contributed by atoms with Crippen LogP contribution >= 0.6 is 7.26 Å². The predicted molar refractivity (Wildman–Crippen MR) is 125 cm³/mol. The molecule has 2 heteroatoms. The van der Waals surface area contributed by atoms with Gasteiger partial charge in [0.25, 0.3) is 0 Å². The van der Waals surface area contributed by atoms with Gasteiger partial charge < -0.3 is 12.4 Å². The first-order valence-corrected chi connectivity index (χ1v) is 11.8. The average Bonchev–Trinajstić information content (AvgIpc) is 2.76. The van der Waals surface area contributed by atoms with Crippen LogP contribution in [0.3, 0.4) is 0 Å². The van der Waals surface area contributed by atoms with Crippen molar-refractivity contribution in [3.05, 3.63) is 126 Å². The summed E-state index contributed by atoms with van der Waals surface area (Å²) in [7, 11) is -1.81. The summed E-state index contributed by atoms with van der Waals surface area (Å²) in [5.41, 5.74) is 4.13. The molecule has 0 nitrogen and oxygen atoms in total. The van der Waals surface area contributed by atoms with E-state index in [0.29, 0.717) is 0 Å². The van der Waals surface area contributed by atoms with Crippen molar-refractivity contribution < 1.29 is 12.4 Å². The van der Waals surface area contributed by atoms with Crippen molar-refractivity contribution in [2.45, 2.75) is 20.0 Å². The van der Waals surface area contributed by atoms with Crippen LogP contribution in [0.25, 0.3) is 0 Å². The number of benzene rings is 4. The summed E-state index contributed by atoms with van der Waals surface area (Å²) in [4.78, 5) is 0. The molecule has 0 saturated heterocycles. The number of hydrogen-bond acceptors (Lipinski definition) is 0. The molecule has 4 rings (SSSR count). The molecule has 0 bridgehead atoms. The SMILES string of the molecule is Cc1ccc(C[P+](c2ccccc2)(c2ccccc2)c2ccccc2)cc1C.[Cl-]. The first kappa shape index (κ1) is 21.3. The van der Waals surface area contributed by atoms with Crippen molar-refractivity contribution >= 4 is 23.2 Å². The second kappa shape index (κ2) is 9.40. The highest BCUT2D eigenvalue weighted by molar-refractivity contribution is 7.95. The van der Waals surface area contributed by atoms with Gasteiger partial charge in [0.2, 0.25) is 0 Å². The Kier molecular flexibility index (Phi) is 6.91. The zero-order valence-electron chi connectivity index (χ0n) is 16.9. The Hall–Kier alpha value is -2.40. The van der Waals surface area contributed by atoms with Crippen molar-refractivity contribution in [2.75, 3.05) is 0 Å². The van der Waals surface area contributed by atoms with Crippen LogP contribution in [0.2, 0.25) is 0 Å². The molecule has 4 aromatic rings. The molecule has 0 N–H and O–H groups in total. The largest absolute Gasteiger partial charge is 1.00 e. The molecule has 0 saturated carbocycles. The van der Waals surface area contributed by atoms with Crippen LogP contribution in [0.5, 0.6) is 0 Å². The Morgan fingerprint density at radius 3 is 1.31 bits per heavy atom. The summed E-state index contributed by atoms with van der Waals surface area (Å²) >= 11 is 0. The fraction of sp³-hybridized carbons (Fsp3) is 0.111. The first-order chi connectivity index (χ1) is 13.7. The van der Waals surface area contributed by atoms with Crippen LogP contribution in [0, 0.1) is 13.8 Å². The Morgan fingerprint density at radius 1 is 0.517 bits per heavy atom. The van der Waals surface area contributed by atoms with Gasteiger partial charge in [-0.05, 0) is 66.9 Å². The minimum atomic E-state index is -1.81. The molecular formula is C27H26ClP. The van der Waals surface area contributed by atoms with Crippen molar-refractivity contribution in [3.8, 4) is 0 Å². The minimum Gasteiger partial charge on any atom is -1.00 e. The quantitative estimate of drug-likeness (QED) is 0.439. The van der Waals surface area contributed by atoms with Crippen LogP contribution in [0.4, 0.5) is 0 Å². The zero-order chi connectivity index (χ0) is 19.4. The van der Waals surface area contributed by atoms with Gasteiger partial charge in [0.1, 0.15) is 23.2 Å². The Labute approximate surface area is 181 Å². The van der Waals surface area contributed by atoms with Gasteiger partial charge in [0.05, 0.1) is 6.16 Å². The molecule has 0 spiro atoms. The lowest BCUT2D eigenvalue weighted by atomic mass is 10.1. The van der Waals surface area contributed by atoms with E-state index >= 15 is 0 Å². The third-order valence-corrected chi connectivity index (χ3v) is 9.96. The Balaban J connectivity index is 0.00000240. The monoisotopic (exact) mass is 416 g/mol. The normalized spacial score (nSPS) is 11.0. The van der Waals surface area contributed by atoms with Crippen molar-refractivity contribution in [1.29, 1.82) is 0 Å². The van der Waals surface area contributed by atoms with Gasteiger partial charge in [0.15, 0.2) is 0 Å². The van der Waals surface area contributed by atoms with E-state index in [1.807, 2.05) is 0 Å². The summed E-state index contributed by atoms with van der Waals surface area (Å²) in [6, 6.07) is 40.2. The molecule has 0 aliphatic heterocycles. The lowest BCUT2D eigenvalue weighted by molar-refractivity contribution is -0.00000560. The molecule has 146 valence electrons. The van der Waals surface area contributed by atoms with E-state index in [1.165, 1.54) is 32.6 Å². The highest BCUT2D eigenvalue weighted by Gasteiger charge is 2.45. The summed E-state index contributed by atoms with van der Waals surface area (Å²) in [6.45, 7) is 4.40. The molecule has 4 aromatic carbocycles. The third-order valence-electron chi connectivity index (χ3n) is 5.58. The van der Waals surface area contributed by atoms with Crippen LogP contribution in [-0.2, 0) is 6.16 Å². The van der Waals surface area contributed by atoms with Gasteiger partial charge in [-0.25, -0.2) is 0 Å². The zero-order valence-corrected chi connectivity index (χ0v) is 18.6. The molecule has 0 unspecified atom stereocenters. The average molecular weight is 417 g/mol. The van der Waals surface area contributed by atoms with Gasteiger partial charge in [-0.2, -0.15) is 0 Å². The van der Waals surface area contributed by atoms with E-state index < -0.39 is 7.26 Å². The lowest BCUT2D eigenvalue weighted by Crippen LogP contribution is -3.00. The molecule has 0 aromatic heterocycles. The third kappa shape index (κ3) is 4.30. The van der Waals surface area contributed by atoms with Gasteiger partial charge in [0, 0.05) is 0 Å². The van der Waals surface area contributed by atoms with Gasteiger partial charge in [-0.1, -0.05) is 72.8 Å². The molecule has 0 heterocycles. The Morgan fingerprint density at radius 2 is 0.931 bits per heavy atom. The molecular weight excluding hydrogens is 391 g/mol. The summed E-state index contributed by atoms with van der Waals surface area (Å²) in [5, 5.41) is 4.31. The van der Waals surface area contributed by atoms with Crippen LogP contribution in [0.15, 0.2) is 109 Å². The molecule has 0 aliphatic rings. The summed E-state index contributed by atoms with van der Waals surface area (Å²) < 4.78 is 0. The number of halogens is 1. The molecule has 0 atom stereocenters. The van der Waals surface area contributed by atoms with E-state index in [9.17, 15) is 0 Å². The number of aryl methyl sites for hydroxylation is 2. The molecule has 0 fully saturated rings. The van der Waals surface area contributed by atoms with Crippen molar-refractivity contribution in [3.63, 3.8) is 0 Å². The van der Waals surface area contributed by atoms with E-state index in [0.717, 1.165) is 6.16 Å². The maximum atomic E-state index is 2.37. The predicted octanol–water partition coefficient (Wildman–Crippen LogP) is 2.80. The topological polar surface area (TPSA) is 0 Å². The highest BCUT2D eigenvalue weighted by Crippen LogP contribution is 2.58. The lowest BCUT2D eigenvalue weighted by Gasteiger charge is -2.28. The molecule has 29 heavy (non-hydrogen) atoms. The van der Waals surface area contributed by atoms with Gasteiger partial charge >= 0.3 is 0 Å². The molecule has 0 aliphatic carbocycles. The smallest absolute Gasteiger partial charge is 0.116 e. The summed E-state index contributed by atoms with van der Waals surface area (Å²) in [5.74, 6) is 0. The maximum Gasteiger partial charge on any atom is 0.116 e. The second-order valence-electron chi connectivity index (χ2n) is 7.39. The van der Waals surface area contributed by atoms with E-state index in [4.69, 9.17) is 0 Å². The second-order valence-corrected chi connectivity index (χ2v) is 10.9. The molecule has 0 amide bonds. The van der Waals surface area contributed by atoms with Crippen LogP contribution in [-0.4, -0.2) is 0 Å². The first-order valence-electron chi connectivity index (χ1n) is 9.81. The number of hydrogen-bond donors (Lipinski definition) is 0. The van der Waals surface area contributed by atoms with Crippen LogP contribution in [0.1, 0.15) is 16.7 Å². The maximum absolute atomic E-state index is 2.37.